The molecule has 0 atom stereocenters. The first-order valence-corrected chi connectivity index (χ1v) is 9.58. The second kappa shape index (κ2) is 11.4. The van der Waals surface area contributed by atoms with Gasteiger partial charge in [-0.3, -0.25) is 14.7 Å². The minimum Gasteiger partial charge on any atom is -0.356 e. The van der Waals surface area contributed by atoms with Gasteiger partial charge in [0, 0.05) is 45.8 Å². The highest BCUT2D eigenvalue weighted by Gasteiger charge is 2.25. The van der Waals surface area contributed by atoms with Crippen LogP contribution in [0.2, 0.25) is 0 Å². The lowest BCUT2D eigenvalue weighted by Crippen LogP contribution is -2.54. The van der Waals surface area contributed by atoms with E-state index in [1.165, 1.54) is 5.75 Å². The van der Waals surface area contributed by atoms with Crippen molar-refractivity contribution >= 4 is 47.6 Å². The van der Waals surface area contributed by atoms with Gasteiger partial charge in [0.15, 0.2) is 5.96 Å². The van der Waals surface area contributed by atoms with Gasteiger partial charge in [-0.05, 0) is 31.3 Å². The number of hydrogen-bond donors (Lipinski definition) is 2. The van der Waals surface area contributed by atoms with Crippen molar-refractivity contribution in [2.24, 2.45) is 4.99 Å². The maximum atomic E-state index is 11.8. The first-order chi connectivity index (χ1) is 10.7. The highest BCUT2D eigenvalue weighted by Crippen LogP contribution is 2.18. The Balaban J connectivity index is 0.00000264. The smallest absolute Gasteiger partial charge is 0.234 e. The zero-order valence-corrected chi connectivity index (χ0v) is 17.4. The third kappa shape index (κ3) is 7.93. The summed E-state index contributed by atoms with van der Waals surface area (Å²) in [5, 5.41) is 6.48. The molecule has 0 aromatic heterocycles. The Morgan fingerprint density at radius 1 is 1.26 bits per heavy atom. The van der Waals surface area contributed by atoms with Gasteiger partial charge in [0.05, 0.1) is 6.54 Å². The molecule has 1 aliphatic carbocycles. The van der Waals surface area contributed by atoms with Crippen LogP contribution < -0.4 is 10.6 Å². The van der Waals surface area contributed by atoms with Crippen molar-refractivity contribution in [3.63, 3.8) is 0 Å². The molecule has 1 aliphatic heterocycles. The highest BCUT2D eigenvalue weighted by atomic mass is 127. The maximum Gasteiger partial charge on any atom is 0.234 e. The number of nitrogens with one attached hydrogen (secondary N) is 2. The van der Waals surface area contributed by atoms with Crippen LogP contribution in [0.5, 0.6) is 0 Å². The number of rotatable bonds is 7. The van der Waals surface area contributed by atoms with E-state index in [-0.39, 0.29) is 29.9 Å². The molecule has 8 heteroatoms. The third-order valence-electron chi connectivity index (χ3n) is 4.00. The molecule has 0 spiro atoms. The number of guanidine groups is 1. The average Bonchev–Trinajstić information content (AvgIpc) is 3.32. The fraction of sp³-hybridized carbons (Fsp3) is 0.867. The first-order valence-electron chi connectivity index (χ1n) is 8.19. The summed E-state index contributed by atoms with van der Waals surface area (Å²) in [4.78, 5) is 20.7. The van der Waals surface area contributed by atoms with Crippen molar-refractivity contribution in [1.82, 2.24) is 20.4 Å². The number of piperazine rings is 1. The molecule has 6 nitrogen and oxygen atoms in total. The summed E-state index contributed by atoms with van der Waals surface area (Å²) in [6.07, 6.45) is 5.59. The van der Waals surface area contributed by atoms with Crippen molar-refractivity contribution in [1.29, 1.82) is 0 Å². The molecule has 0 unspecified atom stereocenters. The van der Waals surface area contributed by atoms with Crippen LogP contribution in [-0.4, -0.2) is 86.0 Å². The highest BCUT2D eigenvalue weighted by molar-refractivity contribution is 14.0. The van der Waals surface area contributed by atoms with Crippen molar-refractivity contribution in [2.45, 2.75) is 25.3 Å². The van der Waals surface area contributed by atoms with Gasteiger partial charge in [0.25, 0.3) is 0 Å². The van der Waals surface area contributed by atoms with Crippen LogP contribution >= 0.6 is 35.7 Å². The zero-order chi connectivity index (χ0) is 15.8. The van der Waals surface area contributed by atoms with Gasteiger partial charge in [-0.1, -0.05) is 0 Å². The van der Waals surface area contributed by atoms with Gasteiger partial charge in [-0.25, -0.2) is 0 Å². The molecule has 2 rings (SSSR count). The molecule has 1 saturated carbocycles. The van der Waals surface area contributed by atoms with Crippen molar-refractivity contribution in [3.8, 4) is 0 Å². The Morgan fingerprint density at radius 3 is 2.52 bits per heavy atom. The van der Waals surface area contributed by atoms with E-state index in [1.54, 1.807) is 0 Å². The van der Waals surface area contributed by atoms with Gasteiger partial charge >= 0.3 is 0 Å². The van der Waals surface area contributed by atoms with E-state index in [9.17, 15) is 4.79 Å². The fourth-order valence-electron chi connectivity index (χ4n) is 2.57. The normalized spacial score (nSPS) is 19.2. The zero-order valence-electron chi connectivity index (χ0n) is 14.2. The monoisotopic (exact) mass is 455 g/mol. The lowest BCUT2D eigenvalue weighted by molar-refractivity contribution is -0.122. The fourth-order valence-corrected chi connectivity index (χ4v) is 3.00. The molecule has 0 aromatic carbocycles. The van der Waals surface area contributed by atoms with Crippen LogP contribution in [0.4, 0.5) is 0 Å². The van der Waals surface area contributed by atoms with E-state index in [4.69, 9.17) is 0 Å². The minimum absolute atomic E-state index is 0. The first kappa shape index (κ1) is 20.8. The number of amides is 1. The number of nitrogens with zero attached hydrogens (tertiary/aromatic N) is 3. The molecule has 2 N–H and O–H groups in total. The topological polar surface area (TPSA) is 60.0 Å². The average molecular weight is 455 g/mol. The molecule has 134 valence electrons. The Bertz CT molecular complexity index is 384. The maximum absolute atomic E-state index is 11.8. The summed E-state index contributed by atoms with van der Waals surface area (Å²) in [5.41, 5.74) is 0. The molecule has 1 saturated heterocycles. The van der Waals surface area contributed by atoms with Crippen molar-refractivity contribution in [2.75, 3.05) is 58.3 Å². The van der Waals surface area contributed by atoms with E-state index in [0.717, 1.165) is 57.9 Å². The Labute approximate surface area is 161 Å². The molecule has 23 heavy (non-hydrogen) atoms. The van der Waals surface area contributed by atoms with Gasteiger partial charge in [0.2, 0.25) is 5.91 Å². The Morgan fingerprint density at radius 2 is 1.96 bits per heavy atom. The number of carbonyl (C=O) groups excluding carboxylic acids is 1. The lowest BCUT2D eigenvalue weighted by Gasteiger charge is -2.36. The molecular formula is C15H30IN5OS. The summed E-state index contributed by atoms with van der Waals surface area (Å²) < 4.78 is 0. The van der Waals surface area contributed by atoms with Crippen molar-refractivity contribution < 1.29 is 4.79 Å². The SMILES string of the molecule is CN=C(NCCCSC)N1CCN(CC(=O)NC2CC2)CC1.I. The molecule has 2 fully saturated rings. The predicted molar refractivity (Wildman–Crippen MR) is 109 cm³/mol. The molecule has 0 aromatic rings. The largest absolute Gasteiger partial charge is 0.356 e. The van der Waals surface area contributed by atoms with E-state index in [2.05, 4.69) is 31.7 Å². The second-order valence-electron chi connectivity index (χ2n) is 5.93. The van der Waals surface area contributed by atoms with Gasteiger partial charge < -0.3 is 15.5 Å². The Hall–Kier alpha value is -0.220. The van der Waals surface area contributed by atoms with Crippen LogP contribution in [-0.2, 0) is 4.79 Å². The van der Waals surface area contributed by atoms with Crippen LogP contribution in [0.3, 0.4) is 0 Å². The van der Waals surface area contributed by atoms with Crippen LogP contribution in [0.25, 0.3) is 0 Å². The number of thioether (sulfide) groups is 1. The predicted octanol–water partition coefficient (Wildman–Crippen LogP) is 0.829. The molecule has 0 bridgehead atoms. The summed E-state index contributed by atoms with van der Waals surface area (Å²) in [6, 6.07) is 0.457. The number of hydrogen-bond acceptors (Lipinski definition) is 4. The standard InChI is InChI=1S/C15H29N5OS.HI/c1-16-15(17-6-3-11-22-2)20-9-7-19(8-10-20)12-14(21)18-13-4-5-13;/h13H,3-12H2,1-2H3,(H,16,17)(H,18,21);1H. The molecular weight excluding hydrogens is 425 g/mol. The number of aliphatic imine (C=N–C) groups is 1. The number of halogens is 1. The molecule has 0 radical (unpaired) electrons. The summed E-state index contributed by atoms with van der Waals surface area (Å²) in [6.45, 7) is 5.20. The summed E-state index contributed by atoms with van der Waals surface area (Å²) in [5.74, 6) is 2.34. The van der Waals surface area contributed by atoms with Gasteiger partial charge in [-0.2, -0.15) is 11.8 Å². The van der Waals surface area contributed by atoms with Gasteiger partial charge in [0.1, 0.15) is 0 Å². The van der Waals surface area contributed by atoms with Crippen LogP contribution in [0, 0.1) is 0 Å². The second-order valence-corrected chi connectivity index (χ2v) is 6.91. The molecule has 1 amide bonds. The van der Waals surface area contributed by atoms with Crippen LogP contribution in [0.15, 0.2) is 4.99 Å². The molecule has 1 heterocycles. The summed E-state index contributed by atoms with van der Waals surface area (Å²) in [7, 11) is 1.84. The van der Waals surface area contributed by atoms with Crippen LogP contribution in [0.1, 0.15) is 19.3 Å². The summed E-state index contributed by atoms with van der Waals surface area (Å²) >= 11 is 1.87. The van der Waals surface area contributed by atoms with E-state index in [1.807, 2.05) is 18.8 Å². The van der Waals surface area contributed by atoms with E-state index < -0.39 is 0 Å². The lowest BCUT2D eigenvalue weighted by atomic mass is 10.3. The quantitative estimate of drug-likeness (QED) is 0.258. The van der Waals surface area contributed by atoms with E-state index in [0.29, 0.717) is 12.6 Å². The Kier molecular flexibility index (Phi) is 10.3. The third-order valence-corrected chi connectivity index (χ3v) is 4.70. The van der Waals surface area contributed by atoms with Crippen molar-refractivity contribution in [3.05, 3.63) is 0 Å². The number of carbonyl (C=O) groups is 1. The van der Waals surface area contributed by atoms with E-state index >= 15 is 0 Å². The molecule has 2 aliphatic rings. The van der Waals surface area contributed by atoms with Gasteiger partial charge in [-0.15, -0.1) is 24.0 Å². The minimum atomic E-state index is 0.